The largest absolute Gasteiger partial charge is 0.480 e. The number of rotatable bonds is 7. The lowest BCUT2D eigenvalue weighted by atomic mass is 10.2. The summed E-state index contributed by atoms with van der Waals surface area (Å²) < 4.78 is 1.77. The SMILES string of the molecule is CCCC(N)C(=O)O.CCN(CC(=O)O)SC. The molecule has 0 aromatic heterocycles. The average Bonchev–Trinajstić information content (AvgIpc) is 2.26. The molecular formula is C10H22N2O4S. The summed E-state index contributed by atoms with van der Waals surface area (Å²) >= 11 is 1.45. The van der Waals surface area contributed by atoms with Crippen LogP contribution in [-0.2, 0) is 9.59 Å². The van der Waals surface area contributed by atoms with Crippen LogP contribution in [0.3, 0.4) is 0 Å². The fourth-order valence-corrected chi connectivity index (χ4v) is 1.39. The number of hydrogen-bond donors (Lipinski definition) is 3. The van der Waals surface area contributed by atoms with E-state index in [-0.39, 0.29) is 6.54 Å². The summed E-state index contributed by atoms with van der Waals surface area (Å²) in [6.45, 7) is 4.73. The molecule has 0 aliphatic rings. The van der Waals surface area contributed by atoms with E-state index in [2.05, 4.69) is 0 Å². The standard InChI is InChI=1S/C5H11NO2S.C5H11NO2/c1-3-6(9-2)4-5(7)8;1-2-3-4(6)5(7)8/h3-4H2,1-2H3,(H,7,8);4H,2-3,6H2,1H3,(H,7,8). The summed E-state index contributed by atoms with van der Waals surface area (Å²) in [5, 5.41) is 16.5. The highest BCUT2D eigenvalue weighted by Gasteiger charge is 2.07. The Kier molecular flexibility index (Phi) is 12.8. The molecule has 1 unspecified atom stereocenters. The maximum absolute atomic E-state index is 10.1. The second kappa shape index (κ2) is 11.7. The monoisotopic (exact) mass is 266 g/mol. The van der Waals surface area contributed by atoms with E-state index in [9.17, 15) is 9.59 Å². The number of nitrogens with zero attached hydrogens (tertiary/aromatic N) is 1. The second-order valence-corrected chi connectivity index (χ2v) is 4.15. The molecule has 0 rings (SSSR count). The summed E-state index contributed by atoms with van der Waals surface area (Å²) in [5.74, 6) is -1.68. The predicted octanol–water partition coefficient (Wildman–Crippen LogP) is 0.869. The van der Waals surface area contributed by atoms with E-state index in [1.54, 1.807) is 4.31 Å². The van der Waals surface area contributed by atoms with Crippen LogP contribution in [-0.4, -0.2) is 51.8 Å². The molecule has 6 nitrogen and oxygen atoms in total. The second-order valence-electron chi connectivity index (χ2n) is 3.27. The Morgan fingerprint density at radius 3 is 2.00 bits per heavy atom. The van der Waals surface area contributed by atoms with Gasteiger partial charge in [-0.25, -0.2) is 4.31 Å². The summed E-state index contributed by atoms with van der Waals surface area (Å²) in [6, 6.07) is -0.667. The van der Waals surface area contributed by atoms with Gasteiger partial charge in [-0.2, -0.15) is 0 Å². The van der Waals surface area contributed by atoms with Crippen molar-refractivity contribution in [2.45, 2.75) is 32.7 Å². The number of carboxylic acids is 2. The van der Waals surface area contributed by atoms with E-state index in [1.165, 1.54) is 11.9 Å². The van der Waals surface area contributed by atoms with Gasteiger partial charge in [0.25, 0.3) is 0 Å². The van der Waals surface area contributed by atoms with Crippen molar-refractivity contribution < 1.29 is 19.8 Å². The quantitative estimate of drug-likeness (QED) is 0.587. The number of hydrogen-bond acceptors (Lipinski definition) is 5. The van der Waals surface area contributed by atoms with Crippen molar-refractivity contribution >= 4 is 23.9 Å². The highest BCUT2D eigenvalue weighted by Crippen LogP contribution is 2.01. The van der Waals surface area contributed by atoms with Crippen molar-refractivity contribution in [1.82, 2.24) is 4.31 Å². The minimum Gasteiger partial charge on any atom is -0.480 e. The lowest BCUT2D eigenvalue weighted by Gasteiger charge is -2.12. The van der Waals surface area contributed by atoms with Gasteiger partial charge in [0.2, 0.25) is 0 Å². The summed E-state index contributed by atoms with van der Waals surface area (Å²) in [5.41, 5.74) is 5.13. The van der Waals surface area contributed by atoms with Gasteiger partial charge in [0, 0.05) is 6.54 Å². The maximum Gasteiger partial charge on any atom is 0.320 e. The van der Waals surface area contributed by atoms with Gasteiger partial charge in [-0.3, -0.25) is 9.59 Å². The third-order valence-electron chi connectivity index (χ3n) is 1.84. The normalized spacial score (nSPS) is 11.6. The van der Waals surface area contributed by atoms with Gasteiger partial charge in [0.15, 0.2) is 0 Å². The van der Waals surface area contributed by atoms with Crippen molar-refractivity contribution in [2.24, 2.45) is 5.73 Å². The summed E-state index contributed by atoms with van der Waals surface area (Å²) in [7, 11) is 0. The number of aliphatic carboxylic acids is 2. The Morgan fingerprint density at radius 1 is 1.35 bits per heavy atom. The van der Waals surface area contributed by atoms with Crippen LogP contribution in [0.15, 0.2) is 0 Å². The van der Waals surface area contributed by atoms with Crippen LogP contribution in [0.1, 0.15) is 26.7 Å². The summed E-state index contributed by atoms with van der Waals surface area (Å²) in [6.07, 6.45) is 3.26. The lowest BCUT2D eigenvalue weighted by molar-refractivity contribution is -0.139. The van der Waals surface area contributed by atoms with E-state index in [0.717, 1.165) is 13.0 Å². The molecule has 102 valence electrons. The zero-order chi connectivity index (χ0) is 13.8. The number of likely N-dealkylation sites (N-methyl/N-ethyl adjacent to an activating group) is 1. The molecule has 0 aromatic rings. The molecule has 0 heterocycles. The molecular weight excluding hydrogens is 244 g/mol. The van der Waals surface area contributed by atoms with Crippen molar-refractivity contribution in [2.75, 3.05) is 19.3 Å². The number of carboxylic acid groups (broad SMARTS) is 2. The molecule has 0 saturated heterocycles. The first-order valence-electron chi connectivity index (χ1n) is 5.38. The van der Waals surface area contributed by atoms with Crippen LogP contribution >= 0.6 is 11.9 Å². The van der Waals surface area contributed by atoms with E-state index >= 15 is 0 Å². The first kappa shape index (κ1) is 18.6. The highest BCUT2D eigenvalue weighted by molar-refractivity contribution is 7.96. The molecule has 0 spiro atoms. The van der Waals surface area contributed by atoms with E-state index in [4.69, 9.17) is 15.9 Å². The molecule has 4 N–H and O–H groups in total. The van der Waals surface area contributed by atoms with Gasteiger partial charge in [0.05, 0.1) is 0 Å². The van der Waals surface area contributed by atoms with E-state index in [1.807, 2.05) is 20.1 Å². The van der Waals surface area contributed by atoms with Crippen molar-refractivity contribution in [3.63, 3.8) is 0 Å². The van der Waals surface area contributed by atoms with Gasteiger partial charge in [-0.05, 0) is 12.7 Å². The van der Waals surface area contributed by atoms with Crippen molar-refractivity contribution in [3.8, 4) is 0 Å². The molecule has 1 atom stereocenters. The van der Waals surface area contributed by atoms with Gasteiger partial charge in [-0.1, -0.05) is 32.2 Å². The van der Waals surface area contributed by atoms with Gasteiger partial charge >= 0.3 is 11.9 Å². The smallest absolute Gasteiger partial charge is 0.320 e. The van der Waals surface area contributed by atoms with Gasteiger partial charge in [-0.15, -0.1) is 0 Å². The average molecular weight is 266 g/mol. The number of nitrogens with two attached hydrogens (primary N) is 1. The fourth-order valence-electron chi connectivity index (χ4n) is 0.891. The fraction of sp³-hybridized carbons (Fsp3) is 0.800. The molecule has 0 radical (unpaired) electrons. The molecule has 17 heavy (non-hydrogen) atoms. The molecule has 7 heteroatoms. The highest BCUT2D eigenvalue weighted by atomic mass is 32.2. The zero-order valence-electron chi connectivity index (χ0n) is 10.5. The molecule has 0 aromatic carbocycles. The maximum atomic E-state index is 10.1. The van der Waals surface area contributed by atoms with Crippen molar-refractivity contribution in [3.05, 3.63) is 0 Å². The van der Waals surface area contributed by atoms with Gasteiger partial charge in [0.1, 0.15) is 12.6 Å². The van der Waals surface area contributed by atoms with Crippen molar-refractivity contribution in [1.29, 1.82) is 0 Å². The third-order valence-corrected chi connectivity index (χ3v) is 2.74. The Morgan fingerprint density at radius 2 is 1.88 bits per heavy atom. The molecule has 0 bridgehead atoms. The third kappa shape index (κ3) is 13.1. The van der Waals surface area contributed by atoms with Crippen LogP contribution < -0.4 is 5.73 Å². The summed E-state index contributed by atoms with van der Waals surface area (Å²) in [4.78, 5) is 20.0. The Labute approximate surface area is 106 Å². The van der Waals surface area contributed by atoms with Crippen LogP contribution in [0.25, 0.3) is 0 Å². The first-order valence-corrected chi connectivity index (χ1v) is 6.56. The minimum atomic E-state index is -0.910. The Balaban J connectivity index is 0. The predicted molar refractivity (Wildman–Crippen MR) is 68.9 cm³/mol. The molecule has 0 aliphatic heterocycles. The van der Waals surface area contributed by atoms with Crippen LogP contribution in [0.5, 0.6) is 0 Å². The molecule has 0 fully saturated rings. The topological polar surface area (TPSA) is 104 Å². The molecule has 0 aliphatic carbocycles. The van der Waals surface area contributed by atoms with E-state index < -0.39 is 18.0 Å². The molecule has 0 amide bonds. The zero-order valence-corrected chi connectivity index (χ0v) is 11.4. The lowest BCUT2D eigenvalue weighted by Crippen LogP contribution is -2.29. The first-order chi connectivity index (χ1) is 7.88. The Hall–Kier alpha value is -0.790. The Bertz CT molecular complexity index is 222. The van der Waals surface area contributed by atoms with Gasteiger partial charge < -0.3 is 15.9 Å². The molecule has 0 saturated carbocycles. The minimum absolute atomic E-state index is 0.123. The van der Waals surface area contributed by atoms with E-state index in [0.29, 0.717) is 6.42 Å². The van der Waals surface area contributed by atoms with Crippen LogP contribution in [0, 0.1) is 0 Å². The van der Waals surface area contributed by atoms with Crippen LogP contribution in [0.4, 0.5) is 0 Å². The number of carbonyl (C=O) groups is 2. The van der Waals surface area contributed by atoms with Crippen LogP contribution in [0.2, 0.25) is 0 Å².